The third-order valence-electron chi connectivity index (χ3n) is 1.36. The van der Waals surface area contributed by atoms with Crippen molar-refractivity contribution in [2.45, 2.75) is 25.4 Å². The summed E-state index contributed by atoms with van der Waals surface area (Å²) in [7, 11) is 1.32. The van der Waals surface area contributed by atoms with E-state index in [2.05, 4.69) is 4.74 Å². The summed E-state index contributed by atoms with van der Waals surface area (Å²) >= 11 is 0. The highest BCUT2D eigenvalue weighted by atomic mass is 16.5. The minimum Gasteiger partial charge on any atom is -0.469 e. The molecule has 0 amide bonds. The standard InChI is InChI=1S/C7H14O4/c1-11-7(10)4-2-3-6(9)5-8/h6,8-9H,2-5H2,1H3. The van der Waals surface area contributed by atoms with Gasteiger partial charge in [0.1, 0.15) is 0 Å². The number of hydrogen-bond donors (Lipinski definition) is 2. The van der Waals surface area contributed by atoms with E-state index in [1.54, 1.807) is 0 Å². The number of hydrogen-bond acceptors (Lipinski definition) is 4. The highest BCUT2D eigenvalue weighted by molar-refractivity contribution is 5.68. The molecule has 0 aromatic rings. The van der Waals surface area contributed by atoms with Crippen LogP contribution in [0.15, 0.2) is 0 Å². The summed E-state index contributed by atoms with van der Waals surface area (Å²) in [5.41, 5.74) is 0. The molecule has 1 atom stereocenters. The Morgan fingerprint density at radius 3 is 2.73 bits per heavy atom. The first kappa shape index (κ1) is 10.4. The zero-order valence-electron chi connectivity index (χ0n) is 6.62. The number of carbonyl (C=O) groups is 1. The quantitative estimate of drug-likeness (QED) is 0.544. The highest BCUT2D eigenvalue weighted by Gasteiger charge is 2.04. The van der Waals surface area contributed by atoms with Crippen LogP contribution in [0.2, 0.25) is 0 Å². The summed E-state index contributed by atoms with van der Waals surface area (Å²) in [6.45, 7) is -0.249. The molecule has 4 heteroatoms. The van der Waals surface area contributed by atoms with Crippen LogP contribution >= 0.6 is 0 Å². The van der Waals surface area contributed by atoms with Gasteiger partial charge in [0.2, 0.25) is 0 Å². The lowest BCUT2D eigenvalue weighted by Gasteiger charge is -2.04. The molecule has 0 spiro atoms. The number of aliphatic hydroxyl groups is 2. The maximum absolute atomic E-state index is 10.5. The molecule has 0 fully saturated rings. The van der Waals surface area contributed by atoms with E-state index in [9.17, 15) is 4.79 Å². The van der Waals surface area contributed by atoms with Crippen LogP contribution in [0.5, 0.6) is 0 Å². The van der Waals surface area contributed by atoms with Crippen molar-refractivity contribution in [3.63, 3.8) is 0 Å². The van der Waals surface area contributed by atoms with Crippen molar-refractivity contribution in [3.8, 4) is 0 Å². The van der Waals surface area contributed by atoms with Gasteiger partial charge < -0.3 is 14.9 Å². The van der Waals surface area contributed by atoms with Crippen LogP contribution in [0.1, 0.15) is 19.3 Å². The first-order valence-corrected chi connectivity index (χ1v) is 3.56. The fourth-order valence-electron chi connectivity index (χ4n) is 0.675. The second kappa shape index (κ2) is 6.12. The van der Waals surface area contributed by atoms with Gasteiger partial charge in [-0.3, -0.25) is 4.79 Å². The first-order chi connectivity index (χ1) is 5.20. The molecule has 0 rings (SSSR count). The van der Waals surface area contributed by atoms with E-state index in [4.69, 9.17) is 10.2 Å². The molecular formula is C7H14O4. The van der Waals surface area contributed by atoms with Crippen molar-refractivity contribution < 1.29 is 19.7 Å². The Hall–Kier alpha value is -0.610. The maximum Gasteiger partial charge on any atom is 0.305 e. The maximum atomic E-state index is 10.5. The number of esters is 1. The summed E-state index contributed by atoms with van der Waals surface area (Å²) in [4.78, 5) is 10.5. The predicted molar refractivity (Wildman–Crippen MR) is 39.0 cm³/mol. The third kappa shape index (κ3) is 5.82. The lowest BCUT2D eigenvalue weighted by Crippen LogP contribution is -2.12. The van der Waals surface area contributed by atoms with Crippen LogP contribution in [-0.2, 0) is 9.53 Å². The fourth-order valence-corrected chi connectivity index (χ4v) is 0.675. The van der Waals surface area contributed by atoms with E-state index in [-0.39, 0.29) is 12.6 Å². The summed E-state index contributed by atoms with van der Waals surface area (Å²) in [6.07, 6.45) is 0.577. The fraction of sp³-hybridized carbons (Fsp3) is 0.857. The minimum atomic E-state index is -0.709. The molecule has 0 saturated carbocycles. The molecule has 0 aliphatic rings. The third-order valence-corrected chi connectivity index (χ3v) is 1.36. The van der Waals surface area contributed by atoms with E-state index in [0.717, 1.165) is 0 Å². The summed E-state index contributed by atoms with van der Waals surface area (Å²) in [5.74, 6) is -0.282. The Morgan fingerprint density at radius 2 is 2.27 bits per heavy atom. The summed E-state index contributed by atoms with van der Waals surface area (Å²) in [6, 6.07) is 0. The van der Waals surface area contributed by atoms with E-state index in [1.165, 1.54) is 7.11 Å². The van der Waals surface area contributed by atoms with E-state index >= 15 is 0 Å². The molecule has 0 aromatic heterocycles. The summed E-state index contributed by atoms with van der Waals surface area (Å²) in [5, 5.41) is 17.2. The van der Waals surface area contributed by atoms with Crippen LogP contribution in [0.25, 0.3) is 0 Å². The molecule has 0 saturated heterocycles. The van der Waals surface area contributed by atoms with E-state index < -0.39 is 6.10 Å². The average molecular weight is 162 g/mol. The SMILES string of the molecule is COC(=O)CCCC(O)CO. The van der Waals surface area contributed by atoms with Crippen molar-refractivity contribution in [1.29, 1.82) is 0 Å². The van der Waals surface area contributed by atoms with Crippen LogP contribution in [-0.4, -0.2) is 36.0 Å². The van der Waals surface area contributed by atoms with E-state index in [0.29, 0.717) is 19.3 Å². The second-order valence-electron chi connectivity index (χ2n) is 2.30. The molecule has 1 unspecified atom stereocenters. The van der Waals surface area contributed by atoms with Gasteiger partial charge in [-0.25, -0.2) is 0 Å². The molecule has 0 aromatic carbocycles. The van der Waals surface area contributed by atoms with Crippen LogP contribution in [0.3, 0.4) is 0 Å². The Morgan fingerprint density at radius 1 is 1.64 bits per heavy atom. The minimum absolute atomic E-state index is 0.249. The predicted octanol–water partition coefficient (Wildman–Crippen LogP) is -0.317. The largest absolute Gasteiger partial charge is 0.469 e. The van der Waals surface area contributed by atoms with Crippen molar-refractivity contribution in [3.05, 3.63) is 0 Å². The lowest BCUT2D eigenvalue weighted by atomic mass is 10.2. The number of methoxy groups -OCH3 is 1. The lowest BCUT2D eigenvalue weighted by molar-refractivity contribution is -0.140. The zero-order chi connectivity index (χ0) is 8.69. The van der Waals surface area contributed by atoms with Crippen LogP contribution in [0, 0.1) is 0 Å². The Bertz CT molecular complexity index is 113. The van der Waals surface area contributed by atoms with Gasteiger partial charge in [-0.15, -0.1) is 0 Å². The van der Waals surface area contributed by atoms with Gasteiger partial charge in [0.25, 0.3) is 0 Å². The van der Waals surface area contributed by atoms with Gasteiger partial charge >= 0.3 is 5.97 Å². The summed E-state index contributed by atoms with van der Waals surface area (Å²) < 4.78 is 4.38. The topological polar surface area (TPSA) is 66.8 Å². The van der Waals surface area contributed by atoms with Crippen LogP contribution in [0.4, 0.5) is 0 Å². The molecule has 0 aliphatic heterocycles. The molecule has 2 N–H and O–H groups in total. The monoisotopic (exact) mass is 162 g/mol. The van der Waals surface area contributed by atoms with Gasteiger partial charge in [-0.05, 0) is 12.8 Å². The molecule has 11 heavy (non-hydrogen) atoms. The van der Waals surface area contributed by atoms with Crippen LogP contribution < -0.4 is 0 Å². The molecule has 66 valence electrons. The Balaban J connectivity index is 3.20. The van der Waals surface area contributed by atoms with Crippen molar-refractivity contribution in [2.24, 2.45) is 0 Å². The average Bonchev–Trinajstić information content (AvgIpc) is 2.04. The molecular weight excluding hydrogens is 148 g/mol. The van der Waals surface area contributed by atoms with Gasteiger partial charge in [-0.1, -0.05) is 0 Å². The van der Waals surface area contributed by atoms with Crippen molar-refractivity contribution >= 4 is 5.97 Å². The number of ether oxygens (including phenoxy) is 1. The molecule has 4 nitrogen and oxygen atoms in total. The normalized spacial score (nSPS) is 12.6. The Kier molecular flexibility index (Phi) is 5.78. The number of aliphatic hydroxyl groups excluding tert-OH is 2. The number of rotatable bonds is 5. The Labute approximate surface area is 65.8 Å². The zero-order valence-corrected chi connectivity index (χ0v) is 6.62. The van der Waals surface area contributed by atoms with Crippen molar-refractivity contribution in [1.82, 2.24) is 0 Å². The second-order valence-corrected chi connectivity index (χ2v) is 2.30. The number of carbonyl (C=O) groups excluding carboxylic acids is 1. The smallest absolute Gasteiger partial charge is 0.305 e. The molecule has 0 heterocycles. The van der Waals surface area contributed by atoms with Gasteiger partial charge in [0, 0.05) is 6.42 Å². The highest BCUT2D eigenvalue weighted by Crippen LogP contribution is 2.00. The molecule has 0 radical (unpaired) electrons. The molecule has 0 aliphatic carbocycles. The van der Waals surface area contributed by atoms with Gasteiger partial charge in [-0.2, -0.15) is 0 Å². The van der Waals surface area contributed by atoms with Gasteiger partial charge in [0.15, 0.2) is 0 Å². The van der Waals surface area contributed by atoms with Gasteiger partial charge in [0.05, 0.1) is 19.8 Å². The molecule has 0 bridgehead atoms. The first-order valence-electron chi connectivity index (χ1n) is 3.56. The van der Waals surface area contributed by atoms with Crippen molar-refractivity contribution in [2.75, 3.05) is 13.7 Å². The van der Waals surface area contributed by atoms with E-state index in [1.807, 2.05) is 0 Å².